The number of halogens is 1. The first-order chi connectivity index (χ1) is 7.32. The van der Waals surface area contributed by atoms with E-state index < -0.39 is 11.4 Å². The van der Waals surface area contributed by atoms with Crippen LogP contribution in [-0.2, 0) is 11.4 Å². The van der Waals surface area contributed by atoms with Crippen molar-refractivity contribution in [3.8, 4) is 0 Å². The molecule has 0 aliphatic heterocycles. The molecule has 90 valence electrons. The topological polar surface area (TPSA) is 35.1 Å². The molecule has 0 bridgehead atoms. The van der Waals surface area contributed by atoms with Crippen molar-refractivity contribution in [2.75, 3.05) is 0 Å². The van der Waals surface area contributed by atoms with Crippen molar-refractivity contribution in [1.82, 2.24) is 4.72 Å². The second kappa shape index (κ2) is 5.54. The summed E-state index contributed by atoms with van der Waals surface area (Å²) in [4.78, 5) is 0. The van der Waals surface area contributed by atoms with Gasteiger partial charge < -0.3 is 4.55 Å². The lowest BCUT2D eigenvalue weighted by Crippen LogP contribution is -2.40. The summed E-state index contributed by atoms with van der Waals surface area (Å²) < 4.78 is 15.9. The Labute approximate surface area is 109 Å². The molecule has 1 unspecified atom stereocenters. The minimum atomic E-state index is -1.05. The molecule has 0 saturated heterocycles. The maximum absolute atomic E-state index is 11.9. The molecule has 0 heterocycles. The predicted molar refractivity (Wildman–Crippen MR) is 73.6 cm³/mol. The molecule has 1 rings (SSSR count). The quantitative estimate of drug-likeness (QED) is 0.867. The molecule has 0 aromatic heterocycles. The molecule has 0 aliphatic rings. The highest BCUT2D eigenvalue weighted by Gasteiger charge is 2.28. The third-order valence-electron chi connectivity index (χ3n) is 2.21. The van der Waals surface area contributed by atoms with Crippen molar-refractivity contribution in [2.24, 2.45) is 0 Å². The van der Waals surface area contributed by atoms with Gasteiger partial charge in [-0.3, -0.25) is 0 Å². The Hall–Kier alpha value is -0.0300. The van der Waals surface area contributed by atoms with Gasteiger partial charge in [0, 0.05) is 15.8 Å². The van der Waals surface area contributed by atoms with Gasteiger partial charge in [-0.15, -0.1) is 4.72 Å². The van der Waals surface area contributed by atoms with Gasteiger partial charge in [-0.1, -0.05) is 34.1 Å². The summed E-state index contributed by atoms with van der Waals surface area (Å²) in [5.74, 6) is 0. The van der Waals surface area contributed by atoms with Crippen LogP contribution in [0.15, 0.2) is 28.7 Å². The van der Waals surface area contributed by atoms with Gasteiger partial charge in [0.25, 0.3) is 0 Å². The summed E-state index contributed by atoms with van der Waals surface area (Å²) in [6.07, 6.45) is 0. The molecule has 0 fully saturated rings. The van der Waals surface area contributed by atoms with Crippen LogP contribution in [0.5, 0.6) is 0 Å². The molecule has 4 heteroatoms. The van der Waals surface area contributed by atoms with E-state index in [2.05, 4.69) is 20.7 Å². The lowest BCUT2D eigenvalue weighted by atomic mass is 10.1. The molecule has 0 saturated carbocycles. The zero-order valence-electron chi connectivity index (χ0n) is 10.1. The van der Waals surface area contributed by atoms with E-state index >= 15 is 0 Å². The van der Waals surface area contributed by atoms with Gasteiger partial charge in [-0.25, -0.2) is 0 Å². The molecule has 2 atom stereocenters. The molecular weight excluding hydrogens is 286 g/mol. The molecule has 1 aromatic rings. The van der Waals surface area contributed by atoms with Gasteiger partial charge in [0.2, 0.25) is 0 Å². The van der Waals surface area contributed by atoms with Gasteiger partial charge in [0.15, 0.2) is 0 Å². The van der Waals surface area contributed by atoms with E-state index in [4.69, 9.17) is 0 Å². The van der Waals surface area contributed by atoms with Crippen LogP contribution in [0, 0.1) is 0 Å². The Bertz CT molecular complexity index is 351. The molecule has 1 N–H and O–H groups in total. The van der Waals surface area contributed by atoms with E-state index in [0.29, 0.717) is 0 Å². The zero-order valence-corrected chi connectivity index (χ0v) is 12.5. The fraction of sp³-hybridized carbons (Fsp3) is 0.500. The molecule has 0 radical (unpaired) electrons. The van der Waals surface area contributed by atoms with Gasteiger partial charge >= 0.3 is 0 Å². The SMILES string of the molecule is C[C@@H](N[S+]([O-])C(C)(C)C)c1ccccc1Br. The Kier molecular flexibility index (Phi) is 4.86. The van der Waals surface area contributed by atoms with Crippen molar-refractivity contribution in [3.05, 3.63) is 34.3 Å². The van der Waals surface area contributed by atoms with Crippen LogP contribution in [0.25, 0.3) is 0 Å². The van der Waals surface area contributed by atoms with Gasteiger partial charge in [0.1, 0.15) is 4.75 Å². The second-order valence-electron chi connectivity index (χ2n) is 4.74. The molecule has 1 aromatic carbocycles. The Balaban J connectivity index is 2.73. The maximum atomic E-state index is 11.9. The molecule has 0 spiro atoms. The largest absolute Gasteiger partial charge is 0.598 e. The number of hydrogen-bond acceptors (Lipinski definition) is 2. The normalized spacial score (nSPS) is 15.9. The first-order valence-corrected chi connectivity index (χ1v) is 7.19. The summed E-state index contributed by atoms with van der Waals surface area (Å²) in [7, 11) is 0. The average molecular weight is 304 g/mol. The van der Waals surface area contributed by atoms with Gasteiger partial charge in [-0.05, 0) is 39.3 Å². The Morgan fingerprint density at radius 3 is 2.38 bits per heavy atom. The van der Waals surface area contributed by atoms with Gasteiger partial charge in [-0.2, -0.15) is 0 Å². The summed E-state index contributed by atoms with van der Waals surface area (Å²) in [5, 5.41) is 0. The zero-order chi connectivity index (χ0) is 12.3. The summed E-state index contributed by atoms with van der Waals surface area (Å²) in [6, 6.07) is 8.05. The minimum absolute atomic E-state index is 0.0654. The third-order valence-corrected chi connectivity index (χ3v) is 4.61. The number of nitrogens with one attached hydrogen (secondary N) is 1. The maximum Gasteiger partial charge on any atom is 0.136 e. The molecule has 2 nitrogen and oxygen atoms in total. The van der Waals surface area contributed by atoms with Crippen molar-refractivity contribution in [1.29, 1.82) is 0 Å². The van der Waals surface area contributed by atoms with Crippen molar-refractivity contribution in [3.63, 3.8) is 0 Å². The summed E-state index contributed by atoms with van der Waals surface area (Å²) in [5.41, 5.74) is 1.13. The second-order valence-corrected chi connectivity index (χ2v) is 7.59. The average Bonchev–Trinajstić information content (AvgIpc) is 2.16. The van der Waals surface area contributed by atoms with E-state index in [-0.39, 0.29) is 10.8 Å². The van der Waals surface area contributed by atoms with E-state index in [1.165, 1.54) is 0 Å². The minimum Gasteiger partial charge on any atom is -0.598 e. The van der Waals surface area contributed by atoms with Crippen LogP contribution >= 0.6 is 15.9 Å². The molecule has 0 amide bonds. The first kappa shape index (κ1) is 14.0. The summed E-state index contributed by atoms with van der Waals surface area (Å²) >= 11 is 2.45. The number of rotatable bonds is 3. The molecule has 16 heavy (non-hydrogen) atoms. The van der Waals surface area contributed by atoms with Gasteiger partial charge in [0.05, 0.1) is 6.04 Å². The van der Waals surface area contributed by atoms with Crippen molar-refractivity contribution >= 4 is 27.3 Å². The van der Waals surface area contributed by atoms with Crippen LogP contribution in [0.1, 0.15) is 39.3 Å². The van der Waals surface area contributed by atoms with Crippen LogP contribution in [0.3, 0.4) is 0 Å². The van der Waals surface area contributed by atoms with Crippen LogP contribution < -0.4 is 4.72 Å². The highest BCUT2D eigenvalue weighted by molar-refractivity contribution is 9.10. The van der Waals surface area contributed by atoms with E-state index in [1.54, 1.807) is 0 Å². The van der Waals surface area contributed by atoms with E-state index in [9.17, 15) is 4.55 Å². The van der Waals surface area contributed by atoms with Crippen LogP contribution in [0.2, 0.25) is 0 Å². The highest BCUT2D eigenvalue weighted by atomic mass is 79.9. The van der Waals surface area contributed by atoms with E-state index in [1.807, 2.05) is 52.0 Å². The third kappa shape index (κ3) is 3.77. The van der Waals surface area contributed by atoms with Crippen LogP contribution in [0.4, 0.5) is 0 Å². The smallest absolute Gasteiger partial charge is 0.136 e. The monoisotopic (exact) mass is 303 g/mol. The summed E-state index contributed by atoms with van der Waals surface area (Å²) in [6.45, 7) is 7.90. The standard InChI is InChI=1S/C12H18BrNOS/c1-9(14-16(15)12(2,3)4)10-7-5-6-8-11(10)13/h5-9,14H,1-4H3/t9-,16?/m1/s1. The molecular formula is C12H18BrNOS. The first-order valence-electron chi connectivity index (χ1n) is 5.25. The Morgan fingerprint density at radius 1 is 1.31 bits per heavy atom. The highest BCUT2D eigenvalue weighted by Crippen LogP contribution is 2.25. The number of hydrogen-bond donors (Lipinski definition) is 1. The predicted octanol–water partition coefficient (Wildman–Crippen LogP) is 3.56. The van der Waals surface area contributed by atoms with Crippen molar-refractivity contribution in [2.45, 2.75) is 38.5 Å². The lowest BCUT2D eigenvalue weighted by molar-refractivity contribution is 0.531. The van der Waals surface area contributed by atoms with Crippen LogP contribution in [-0.4, -0.2) is 9.30 Å². The van der Waals surface area contributed by atoms with Crippen molar-refractivity contribution < 1.29 is 4.55 Å². The fourth-order valence-electron chi connectivity index (χ4n) is 1.23. The molecule has 0 aliphatic carbocycles. The lowest BCUT2D eigenvalue weighted by Gasteiger charge is -2.26. The van der Waals surface area contributed by atoms with E-state index in [0.717, 1.165) is 10.0 Å². The fourth-order valence-corrected chi connectivity index (χ4v) is 2.66. The Morgan fingerprint density at radius 2 is 1.88 bits per heavy atom. The number of benzene rings is 1.